The summed E-state index contributed by atoms with van der Waals surface area (Å²) in [4.78, 5) is 22.6. The molecule has 11 heteroatoms. The zero-order valence-electron chi connectivity index (χ0n) is 30.5. The fourth-order valence-corrected chi connectivity index (χ4v) is 6.13. The molecule has 5 aromatic heterocycles. The summed E-state index contributed by atoms with van der Waals surface area (Å²) in [6, 6.07) is 52.3. The van der Waals surface area contributed by atoms with Crippen LogP contribution in [0.15, 0.2) is 158 Å². The van der Waals surface area contributed by atoms with Crippen molar-refractivity contribution in [2.75, 3.05) is 0 Å². The van der Waals surface area contributed by atoms with Crippen molar-refractivity contribution < 1.29 is 62.2 Å². The molecule has 2 unspecified atom stereocenters. The standard InChI is InChI=1S/2C17H11N2.C6H5NO2.C5H12O2.2Pt/c2*1-3-9-15-13(7-1)14-8-2-4-10-16(14)19(15)17-11-5-6-12-18-17;8-6(9)5-3-1-2-4-7-5;1-4(6)3-5(2)7;;/h2*1-9,11-12H;1-4H,(H,8,9);4-7H,3H2,1-2H3;;/q2*-1;;;;. The zero-order valence-corrected chi connectivity index (χ0v) is 35.0. The number of aromatic carboxylic acids is 1. The molecule has 0 saturated heterocycles. The Morgan fingerprint density at radius 2 is 0.946 bits per heavy atom. The van der Waals surface area contributed by atoms with Crippen LogP contribution in [0.25, 0.3) is 55.2 Å². The van der Waals surface area contributed by atoms with Crippen LogP contribution in [0.1, 0.15) is 30.8 Å². The van der Waals surface area contributed by atoms with E-state index in [1.165, 1.54) is 44.8 Å². The van der Waals surface area contributed by atoms with E-state index < -0.39 is 5.97 Å². The smallest absolute Gasteiger partial charge is 0.354 e. The molecule has 0 aliphatic heterocycles. The number of hydrogen-bond acceptors (Lipinski definition) is 6. The molecule has 290 valence electrons. The molecule has 0 aliphatic carbocycles. The number of carbonyl (C=O) groups is 1. The van der Waals surface area contributed by atoms with Gasteiger partial charge in [-0.3, -0.25) is 0 Å². The summed E-state index contributed by atoms with van der Waals surface area (Å²) in [5.41, 5.74) is 4.56. The molecule has 0 bridgehead atoms. The maximum Gasteiger partial charge on any atom is 0.354 e. The summed E-state index contributed by atoms with van der Waals surface area (Å²) < 4.78 is 4.31. The zero-order chi connectivity index (χ0) is 37.9. The Kier molecular flexibility index (Phi) is 16.4. The molecule has 0 aliphatic rings. The van der Waals surface area contributed by atoms with Gasteiger partial charge in [0, 0.05) is 71.8 Å². The minimum absolute atomic E-state index is 0. The largest absolute Gasteiger partial charge is 0.477 e. The predicted molar refractivity (Wildman–Crippen MR) is 214 cm³/mol. The number of carboxylic acid groups (broad SMARTS) is 1. The molecule has 5 heterocycles. The maximum atomic E-state index is 10.1. The van der Waals surface area contributed by atoms with Gasteiger partial charge >= 0.3 is 5.97 Å². The SMILES string of the molecule is CC(O)CC(C)O.O=C(O)c1ccccn1.[Pt].[Pt].[c-]1cccc2c3ccccc3n(-c3ccccn3)c12.[c-]1cccc2c3ccccc3n(-c3ccccn3)c12. The fourth-order valence-electron chi connectivity index (χ4n) is 6.13. The van der Waals surface area contributed by atoms with Crippen LogP contribution < -0.4 is 0 Å². The van der Waals surface area contributed by atoms with E-state index in [0.717, 1.165) is 22.7 Å². The predicted octanol–water partition coefficient (Wildman–Crippen LogP) is 8.87. The molecular weight excluding hydrogens is 1060 g/mol. The van der Waals surface area contributed by atoms with Gasteiger partial charge in [0.15, 0.2) is 0 Å². The van der Waals surface area contributed by atoms with Crippen molar-refractivity contribution in [3.8, 4) is 11.6 Å². The molecule has 56 heavy (non-hydrogen) atoms. The van der Waals surface area contributed by atoms with Crippen molar-refractivity contribution in [2.24, 2.45) is 0 Å². The number of aliphatic hydroxyl groups is 2. The van der Waals surface area contributed by atoms with E-state index in [0.29, 0.717) is 6.42 Å². The quantitative estimate of drug-likeness (QED) is 0.147. The van der Waals surface area contributed by atoms with Gasteiger partial charge in [-0.25, -0.2) is 19.7 Å². The molecule has 9 rings (SSSR count). The molecule has 0 saturated carbocycles. The number of rotatable bonds is 5. The van der Waals surface area contributed by atoms with Crippen LogP contribution in [-0.4, -0.2) is 57.6 Å². The average molecular weight is 1100 g/mol. The van der Waals surface area contributed by atoms with Gasteiger partial charge in [0.05, 0.1) is 12.2 Å². The van der Waals surface area contributed by atoms with Gasteiger partial charge in [0.1, 0.15) is 17.3 Å². The number of nitrogens with zero attached hydrogens (tertiary/aromatic N) is 5. The van der Waals surface area contributed by atoms with E-state index in [4.69, 9.17) is 15.3 Å². The average Bonchev–Trinajstić information content (AvgIpc) is 3.72. The first-order valence-electron chi connectivity index (χ1n) is 17.5. The summed E-state index contributed by atoms with van der Waals surface area (Å²) in [5, 5.41) is 30.3. The van der Waals surface area contributed by atoms with Gasteiger partial charge in [-0.1, -0.05) is 65.6 Å². The second-order valence-electron chi connectivity index (χ2n) is 12.4. The summed E-state index contributed by atoms with van der Waals surface area (Å²) in [6.07, 6.45) is 4.81. The van der Waals surface area contributed by atoms with Crippen molar-refractivity contribution in [3.63, 3.8) is 0 Å². The number of benzene rings is 4. The first-order valence-corrected chi connectivity index (χ1v) is 17.5. The Morgan fingerprint density at radius 1 is 0.554 bits per heavy atom. The van der Waals surface area contributed by atoms with Crippen LogP contribution >= 0.6 is 0 Å². The van der Waals surface area contributed by atoms with Gasteiger partial charge in [-0.2, -0.15) is 48.5 Å². The number of para-hydroxylation sites is 4. The molecule has 0 radical (unpaired) electrons. The number of aromatic nitrogens is 5. The van der Waals surface area contributed by atoms with Crippen LogP contribution in [0, 0.1) is 12.1 Å². The van der Waals surface area contributed by atoms with E-state index >= 15 is 0 Å². The van der Waals surface area contributed by atoms with Crippen molar-refractivity contribution >= 4 is 49.6 Å². The van der Waals surface area contributed by atoms with E-state index in [1.54, 1.807) is 26.0 Å². The summed E-state index contributed by atoms with van der Waals surface area (Å²) in [6.45, 7) is 3.32. The van der Waals surface area contributed by atoms with Gasteiger partial charge in [-0.05, 0) is 79.6 Å². The summed E-state index contributed by atoms with van der Waals surface area (Å²) >= 11 is 0. The number of aliphatic hydroxyl groups excluding tert-OH is 2. The molecule has 9 aromatic rings. The Bertz CT molecular complexity index is 2320. The van der Waals surface area contributed by atoms with Crippen molar-refractivity contribution in [2.45, 2.75) is 32.5 Å². The fraction of sp³-hybridized carbons (Fsp3) is 0.111. The topological polar surface area (TPSA) is 126 Å². The third-order valence-corrected chi connectivity index (χ3v) is 8.31. The molecule has 9 nitrogen and oxygen atoms in total. The molecule has 3 N–H and O–H groups in total. The maximum absolute atomic E-state index is 10.1. The third-order valence-electron chi connectivity index (χ3n) is 8.31. The van der Waals surface area contributed by atoms with Crippen LogP contribution in [-0.2, 0) is 42.1 Å². The van der Waals surface area contributed by atoms with Gasteiger partial charge in [0.25, 0.3) is 0 Å². The van der Waals surface area contributed by atoms with E-state index in [2.05, 4.69) is 96.9 Å². The van der Waals surface area contributed by atoms with E-state index in [-0.39, 0.29) is 60.0 Å². The molecule has 0 spiro atoms. The molecule has 4 aromatic carbocycles. The Balaban J connectivity index is 0.000000177. The van der Waals surface area contributed by atoms with E-state index in [9.17, 15) is 4.79 Å². The van der Waals surface area contributed by atoms with Crippen LogP contribution in [0.2, 0.25) is 0 Å². The molecule has 0 fully saturated rings. The normalized spacial score (nSPS) is 11.4. The second kappa shape index (κ2) is 21.1. The second-order valence-corrected chi connectivity index (χ2v) is 12.4. The Labute approximate surface area is 353 Å². The van der Waals surface area contributed by atoms with Crippen molar-refractivity contribution in [1.82, 2.24) is 24.1 Å². The number of carboxylic acids is 1. The third kappa shape index (κ3) is 10.5. The first-order chi connectivity index (χ1) is 26.3. The molecule has 2 atom stereocenters. The van der Waals surface area contributed by atoms with Gasteiger partial charge in [-0.15, -0.1) is 10.8 Å². The molecular formula is C45H39N5O4Pt2-2. The minimum atomic E-state index is -0.990. The number of pyridine rings is 3. The summed E-state index contributed by atoms with van der Waals surface area (Å²) in [7, 11) is 0. The summed E-state index contributed by atoms with van der Waals surface area (Å²) in [5.74, 6) is 0.864. The number of fused-ring (bicyclic) bond motifs is 6. The molecule has 0 amide bonds. The van der Waals surface area contributed by atoms with Crippen molar-refractivity contribution in [3.05, 3.63) is 176 Å². The van der Waals surface area contributed by atoms with Crippen LogP contribution in [0.5, 0.6) is 0 Å². The van der Waals surface area contributed by atoms with Gasteiger partial charge < -0.3 is 24.5 Å². The number of hydrogen-bond donors (Lipinski definition) is 3. The Morgan fingerprint density at radius 3 is 1.29 bits per heavy atom. The van der Waals surface area contributed by atoms with E-state index in [1.807, 2.05) is 73.1 Å². The Hall–Kier alpha value is -5.30. The van der Waals surface area contributed by atoms with Crippen LogP contribution in [0.4, 0.5) is 0 Å². The first kappa shape index (κ1) is 43.4. The minimum Gasteiger partial charge on any atom is -0.477 e. The van der Waals surface area contributed by atoms with Crippen molar-refractivity contribution in [1.29, 1.82) is 0 Å². The van der Waals surface area contributed by atoms with Crippen LogP contribution in [0.3, 0.4) is 0 Å². The van der Waals surface area contributed by atoms with Gasteiger partial charge in [0.2, 0.25) is 0 Å². The monoisotopic (exact) mass is 1100 g/mol.